The number of methoxy groups -OCH3 is 1. The second-order valence-electron chi connectivity index (χ2n) is 5.07. The highest BCUT2D eigenvalue weighted by molar-refractivity contribution is 7.80. The van der Waals surface area contributed by atoms with E-state index in [4.69, 9.17) is 21.7 Å². The van der Waals surface area contributed by atoms with E-state index in [0.29, 0.717) is 17.2 Å². The van der Waals surface area contributed by atoms with Crippen molar-refractivity contribution >= 4 is 35.3 Å². The van der Waals surface area contributed by atoms with Crippen LogP contribution in [0.2, 0.25) is 0 Å². The molecule has 1 heterocycles. The number of rotatable bonds is 4. The van der Waals surface area contributed by atoms with Crippen LogP contribution in [0.1, 0.15) is 18.4 Å². The van der Waals surface area contributed by atoms with Crippen molar-refractivity contribution in [3.05, 3.63) is 29.5 Å². The molecule has 1 aliphatic heterocycles. The minimum absolute atomic E-state index is 0.0129. The van der Waals surface area contributed by atoms with Crippen molar-refractivity contribution in [3.63, 3.8) is 0 Å². The number of amides is 1. The molecular formula is C15H14N2O4S. The van der Waals surface area contributed by atoms with Gasteiger partial charge in [0.1, 0.15) is 5.70 Å². The molecular weight excluding hydrogens is 304 g/mol. The molecule has 1 aliphatic carbocycles. The van der Waals surface area contributed by atoms with E-state index in [-0.39, 0.29) is 22.9 Å². The highest BCUT2D eigenvalue weighted by Crippen LogP contribution is 2.34. The Bertz CT molecular complexity index is 695. The highest BCUT2D eigenvalue weighted by atomic mass is 32.1. The number of hydrogen-bond acceptors (Lipinski definition) is 5. The van der Waals surface area contributed by atoms with Crippen LogP contribution in [0.5, 0.6) is 11.5 Å². The van der Waals surface area contributed by atoms with Gasteiger partial charge in [0.05, 0.1) is 13.0 Å². The van der Waals surface area contributed by atoms with Gasteiger partial charge in [-0.3, -0.25) is 14.9 Å². The third kappa shape index (κ3) is 3.09. The van der Waals surface area contributed by atoms with E-state index in [1.165, 1.54) is 7.11 Å². The van der Waals surface area contributed by atoms with Crippen molar-refractivity contribution in [2.24, 2.45) is 5.92 Å². The Hall–Kier alpha value is -2.41. The van der Waals surface area contributed by atoms with E-state index >= 15 is 0 Å². The van der Waals surface area contributed by atoms with E-state index in [1.807, 2.05) is 0 Å². The van der Waals surface area contributed by atoms with Gasteiger partial charge in [0.15, 0.2) is 16.6 Å². The van der Waals surface area contributed by atoms with Crippen LogP contribution in [0.4, 0.5) is 0 Å². The van der Waals surface area contributed by atoms with Crippen LogP contribution in [0.25, 0.3) is 6.08 Å². The molecule has 6 nitrogen and oxygen atoms in total. The van der Waals surface area contributed by atoms with Gasteiger partial charge in [-0.1, -0.05) is 6.07 Å². The second kappa shape index (κ2) is 5.76. The third-order valence-electron chi connectivity index (χ3n) is 3.34. The lowest BCUT2D eigenvalue weighted by Crippen LogP contribution is -2.21. The number of benzene rings is 1. The van der Waals surface area contributed by atoms with Crippen LogP contribution in [0.3, 0.4) is 0 Å². The molecule has 1 aromatic rings. The minimum atomic E-state index is -0.284. The van der Waals surface area contributed by atoms with E-state index in [1.54, 1.807) is 24.3 Å². The number of ether oxygens (including phenoxy) is 2. The summed E-state index contributed by atoms with van der Waals surface area (Å²) in [5.74, 6) is 0.309. The zero-order chi connectivity index (χ0) is 15.7. The maximum atomic E-state index is 11.7. The summed E-state index contributed by atoms with van der Waals surface area (Å²) >= 11 is 4.87. The molecule has 0 atom stereocenters. The Morgan fingerprint density at radius 2 is 2.09 bits per heavy atom. The average Bonchev–Trinajstić information content (AvgIpc) is 3.28. The van der Waals surface area contributed by atoms with Gasteiger partial charge in [0.25, 0.3) is 5.91 Å². The number of nitrogens with one attached hydrogen (secondary N) is 2. The largest absolute Gasteiger partial charge is 0.493 e. The van der Waals surface area contributed by atoms with Crippen LogP contribution >= 0.6 is 12.2 Å². The van der Waals surface area contributed by atoms with Gasteiger partial charge in [-0.05, 0) is 48.8 Å². The predicted octanol–water partition coefficient (Wildman–Crippen LogP) is 1.36. The molecule has 114 valence electrons. The lowest BCUT2D eigenvalue weighted by molar-refractivity contribution is -0.135. The van der Waals surface area contributed by atoms with Gasteiger partial charge in [0, 0.05) is 0 Å². The maximum Gasteiger partial charge on any atom is 0.314 e. The topological polar surface area (TPSA) is 76.7 Å². The SMILES string of the molecule is COc1cc(/C=C2\NC(=S)NC2=O)ccc1OC(=O)C1CC1. The first-order valence-electron chi connectivity index (χ1n) is 6.80. The summed E-state index contributed by atoms with van der Waals surface area (Å²) < 4.78 is 10.6. The summed E-state index contributed by atoms with van der Waals surface area (Å²) in [6.45, 7) is 0. The first-order chi connectivity index (χ1) is 10.6. The van der Waals surface area contributed by atoms with Gasteiger partial charge in [0.2, 0.25) is 0 Å². The normalized spacial score (nSPS) is 18.9. The number of hydrogen-bond donors (Lipinski definition) is 2. The molecule has 2 N–H and O–H groups in total. The van der Waals surface area contributed by atoms with Gasteiger partial charge in [-0.15, -0.1) is 0 Å². The standard InChI is InChI=1S/C15H14N2O4S/c1-20-12-7-8(6-10-13(18)17-15(22)16-10)2-5-11(12)21-14(19)9-3-4-9/h2,5-7,9H,3-4H2,1H3,(H2,16,17,18,22)/b10-6-. The summed E-state index contributed by atoms with van der Waals surface area (Å²) in [6.07, 6.45) is 3.40. The zero-order valence-electron chi connectivity index (χ0n) is 11.8. The molecule has 1 saturated carbocycles. The van der Waals surface area contributed by atoms with Crippen molar-refractivity contribution in [2.45, 2.75) is 12.8 Å². The monoisotopic (exact) mass is 318 g/mol. The van der Waals surface area contributed by atoms with Crippen molar-refractivity contribution in [3.8, 4) is 11.5 Å². The fourth-order valence-electron chi connectivity index (χ4n) is 2.02. The minimum Gasteiger partial charge on any atom is -0.493 e. The number of carbonyl (C=O) groups is 2. The molecule has 1 amide bonds. The summed E-state index contributed by atoms with van der Waals surface area (Å²) in [7, 11) is 1.50. The van der Waals surface area contributed by atoms with Crippen molar-refractivity contribution in [2.75, 3.05) is 7.11 Å². The lowest BCUT2D eigenvalue weighted by Gasteiger charge is -2.09. The molecule has 22 heavy (non-hydrogen) atoms. The summed E-state index contributed by atoms with van der Waals surface area (Å²) in [4.78, 5) is 23.3. The molecule has 7 heteroatoms. The predicted molar refractivity (Wildman–Crippen MR) is 83.2 cm³/mol. The van der Waals surface area contributed by atoms with E-state index in [0.717, 1.165) is 18.4 Å². The first-order valence-corrected chi connectivity index (χ1v) is 7.21. The molecule has 2 aliphatic rings. The fourth-order valence-corrected chi connectivity index (χ4v) is 2.22. The Labute approximate surface area is 132 Å². The van der Waals surface area contributed by atoms with Gasteiger partial charge >= 0.3 is 5.97 Å². The molecule has 0 aromatic heterocycles. The molecule has 1 saturated heterocycles. The first kappa shape index (κ1) is 14.5. The van der Waals surface area contributed by atoms with Crippen molar-refractivity contribution in [1.29, 1.82) is 0 Å². The third-order valence-corrected chi connectivity index (χ3v) is 3.54. The second-order valence-corrected chi connectivity index (χ2v) is 5.48. The molecule has 2 fully saturated rings. The zero-order valence-corrected chi connectivity index (χ0v) is 12.7. The Balaban J connectivity index is 1.82. The molecule has 0 radical (unpaired) electrons. The van der Waals surface area contributed by atoms with E-state index in [9.17, 15) is 9.59 Å². The van der Waals surface area contributed by atoms with Crippen molar-refractivity contribution in [1.82, 2.24) is 10.6 Å². The van der Waals surface area contributed by atoms with Gasteiger partial charge < -0.3 is 14.8 Å². The van der Waals surface area contributed by atoms with Crippen LogP contribution < -0.4 is 20.1 Å². The summed E-state index contributed by atoms with van der Waals surface area (Å²) in [6, 6.07) is 5.08. The number of carbonyl (C=O) groups excluding carboxylic acids is 2. The quantitative estimate of drug-likeness (QED) is 0.378. The number of thiocarbonyl (C=S) groups is 1. The molecule has 0 bridgehead atoms. The molecule has 0 unspecified atom stereocenters. The van der Waals surface area contributed by atoms with Crippen LogP contribution in [0.15, 0.2) is 23.9 Å². The molecule has 3 rings (SSSR count). The molecule has 1 aromatic carbocycles. The molecule has 0 spiro atoms. The highest BCUT2D eigenvalue weighted by Gasteiger charge is 2.32. The van der Waals surface area contributed by atoms with Crippen LogP contribution in [0, 0.1) is 5.92 Å². The van der Waals surface area contributed by atoms with Crippen LogP contribution in [-0.4, -0.2) is 24.1 Å². The Morgan fingerprint density at radius 1 is 1.32 bits per heavy atom. The smallest absolute Gasteiger partial charge is 0.314 e. The van der Waals surface area contributed by atoms with Gasteiger partial charge in [-0.2, -0.15) is 0 Å². The lowest BCUT2D eigenvalue weighted by atomic mass is 10.1. The van der Waals surface area contributed by atoms with Crippen molar-refractivity contribution < 1.29 is 19.1 Å². The van der Waals surface area contributed by atoms with Gasteiger partial charge in [-0.25, -0.2) is 0 Å². The average molecular weight is 318 g/mol. The van der Waals surface area contributed by atoms with E-state index < -0.39 is 0 Å². The van der Waals surface area contributed by atoms with Crippen LogP contribution in [-0.2, 0) is 9.59 Å². The summed E-state index contributed by atoms with van der Waals surface area (Å²) in [5.41, 5.74) is 1.08. The maximum absolute atomic E-state index is 11.7. The Morgan fingerprint density at radius 3 is 2.68 bits per heavy atom. The van der Waals surface area contributed by atoms with E-state index in [2.05, 4.69) is 10.6 Å². The Kier molecular flexibility index (Phi) is 3.81. The fraction of sp³-hybridized carbons (Fsp3) is 0.267. The number of esters is 1. The summed E-state index contributed by atoms with van der Waals surface area (Å²) in [5, 5.41) is 5.53.